The van der Waals surface area contributed by atoms with Crippen LogP contribution in [-0.4, -0.2) is 51.1 Å². The number of β-amino-alcohol motifs (C(OH)–C–C–N with tert-alkyl or cyclic N) is 1. The number of hydrogen-bond donors (Lipinski definition) is 2. The second-order valence-corrected chi connectivity index (χ2v) is 5.19. The molecule has 1 aromatic heterocycles. The van der Waals surface area contributed by atoms with E-state index in [0.29, 0.717) is 31.0 Å². The Labute approximate surface area is 112 Å². The van der Waals surface area contributed by atoms with E-state index < -0.39 is 5.60 Å². The van der Waals surface area contributed by atoms with Gasteiger partial charge in [-0.05, 0) is 19.8 Å². The Morgan fingerprint density at radius 1 is 1.53 bits per heavy atom. The molecule has 1 aliphatic rings. The molecule has 1 unspecified atom stereocenters. The van der Waals surface area contributed by atoms with Crippen LogP contribution < -0.4 is 5.32 Å². The molecule has 0 radical (unpaired) electrons. The van der Waals surface area contributed by atoms with E-state index in [4.69, 9.17) is 0 Å². The number of carbonyl (C=O) groups excluding carboxylic acids is 1. The lowest BCUT2D eigenvalue weighted by atomic mass is 10.1. The molecule has 19 heavy (non-hydrogen) atoms. The first-order chi connectivity index (χ1) is 9.02. The van der Waals surface area contributed by atoms with Crippen molar-refractivity contribution in [2.24, 2.45) is 0 Å². The number of aliphatic hydroxyl groups is 1. The van der Waals surface area contributed by atoms with Crippen LogP contribution in [-0.2, 0) is 0 Å². The topological polar surface area (TPSA) is 78.4 Å². The van der Waals surface area contributed by atoms with Gasteiger partial charge in [-0.1, -0.05) is 6.92 Å². The second kappa shape index (κ2) is 5.52. The fourth-order valence-corrected chi connectivity index (χ4v) is 2.06. The standard InChI is InChI=1S/C13H20N4O2/c1-3-5-14-11-8-15-10(7-16-11)12(18)17-6-4-13(2,19)9-17/h7-8,19H,3-6,9H2,1-2H3,(H,14,16). The molecule has 1 aromatic rings. The first-order valence-electron chi connectivity index (χ1n) is 6.59. The molecule has 1 atom stereocenters. The molecule has 2 rings (SSSR count). The van der Waals surface area contributed by atoms with Gasteiger partial charge in [-0.25, -0.2) is 9.97 Å². The average molecular weight is 264 g/mol. The average Bonchev–Trinajstić information content (AvgIpc) is 2.76. The Hall–Kier alpha value is -1.69. The molecule has 0 saturated carbocycles. The Morgan fingerprint density at radius 3 is 2.84 bits per heavy atom. The molecule has 0 spiro atoms. The molecule has 1 amide bonds. The Kier molecular flexibility index (Phi) is 3.99. The summed E-state index contributed by atoms with van der Waals surface area (Å²) in [6, 6.07) is 0. The van der Waals surface area contributed by atoms with Gasteiger partial charge in [0, 0.05) is 19.6 Å². The van der Waals surface area contributed by atoms with E-state index in [-0.39, 0.29) is 5.91 Å². The summed E-state index contributed by atoms with van der Waals surface area (Å²) in [5.74, 6) is 0.499. The van der Waals surface area contributed by atoms with Crippen molar-refractivity contribution in [1.29, 1.82) is 0 Å². The Bertz CT molecular complexity index is 444. The zero-order valence-electron chi connectivity index (χ0n) is 11.4. The van der Waals surface area contributed by atoms with Gasteiger partial charge in [-0.15, -0.1) is 0 Å². The number of anilines is 1. The van der Waals surface area contributed by atoms with Crippen LogP contribution in [0.25, 0.3) is 0 Å². The van der Waals surface area contributed by atoms with Crippen molar-refractivity contribution in [3.63, 3.8) is 0 Å². The minimum absolute atomic E-state index is 0.174. The highest BCUT2D eigenvalue weighted by Gasteiger charge is 2.34. The van der Waals surface area contributed by atoms with Gasteiger partial charge in [0.1, 0.15) is 11.5 Å². The summed E-state index contributed by atoms with van der Waals surface area (Å²) in [7, 11) is 0. The predicted molar refractivity (Wildman–Crippen MR) is 72.0 cm³/mol. The third-order valence-corrected chi connectivity index (χ3v) is 3.17. The van der Waals surface area contributed by atoms with E-state index in [1.165, 1.54) is 6.20 Å². The van der Waals surface area contributed by atoms with E-state index in [1.807, 2.05) is 0 Å². The fraction of sp³-hybridized carbons (Fsp3) is 0.615. The van der Waals surface area contributed by atoms with Crippen molar-refractivity contribution in [2.45, 2.75) is 32.3 Å². The molecule has 6 heteroatoms. The molecule has 1 saturated heterocycles. The van der Waals surface area contributed by atoms with Gasteiger partial charge < -0.3 is 15.3 Å². The number of nitrogens with one attached hydrogen (secondary N) is 1. The fourth-order valence-electron chi connectivity index (χ4n) is 2.06. The van der Waals surface area contributed by atoms with E-state index >= 15 is 0 Å². The number of hydrogen-bond acceptors (Lipinski definition) is 5. The third kappa shape index (κ3) is 3.41. The maximum Gasteiger partial charge on any atom is 0.274 e. The lowest BCUT2D eigenvalue weighted by Crippen LogP contribution is -2.34. The van der Waals surface area contributed by atoms with Gasteiger partial charge in [0.2, 0.25) is 0 Å². The summed E-state index contributed by atoms with van der Waals surface area (Å²) in [4.78, 5) is 22.1. The first-order valence-corrected chi connectivity index (χ1v) is 6.59. The molecular weight excluding hydrogens is 244 g/mol. The van der Waals surface area contributed by atoms with Crippen LogP contribution in [0.4, 0.5) is 5.82 Å². The highest BCUT2D eigenvalue weighted by Crippen LogP contribution is 2.21. The van der Waals surface area contributed by atoms with Crippen LogP contribution >= 0.6 is 0 Å². The molecule has 2 N–H and O–H groups in total. The number of carbonyl (C=O) groups is 1. The molecule has 1 aliphatic heterocycles. The van der Waals surface area contributed by atoms with Crippen molar-refractivity contribution in [2.75, 3.05) is 25.0 Å². The number of rotatable bonds is 4. The van der Waals surface area contributed by atoms with Crippen molar-refractivity contribution >= 4 is 11.7 Å². The quantitative estimate of drug-likeness (QED) is 0.844. The summed E-state index contributed by atoms with van der Waals surface area (Å²) >= 11 is 0. The van der Waals surface area contributed by atoms with Crippen LogP contribution in [0.3, 0.4) is 0 Å². The first kappa shape index (κ1) is 13.7. The monoisotopic (exact) mass is 264 g/mol. The van der Waals surface area contributed by atoms with Gasteiger partial charge in [-0.2, -0.15) is 0 Å². The third-order valence-electron chi connectivity index (χ3n) is 3.17. The van der Waals surface area contributed by atoms with Crippen LogP contribution in [0.2, 0.25) is 0 Å². The summed E-state index contributed by atoms with van der Waals surface area (Å²) in [5.41, 5.74) is -0.467. The molecule has 6 nitrogen and oxygen atoms in total. The van der Waals surface area contributed by atoms with Crippen molar-refractivity contribution in [3.05, 3.63) is 18.1 Å². The zero-order chi connectivity index (χ0) is 13.9. The van der Waals surface area contributed by atoms with Crippen molar-refractivity contribution in [3.8, 4) is 0 Å². The Balaban J connectivity index is 2.00. The van der Waals surface area contributed by atoms with E-state index in [9.17, 15) is 9.90 Å². The highest BCUT2D eigenvalue weighted by atomic mass is 16.3. The van der Waals surface area contributed by atoms with Gasteiger partial charge in [-0.3, -0.25) is 4.79 Å². The van der Waals surface area contributed by atoms with Gasteiger partial charge in [0.25, 0.3) is 5.91 Å². The van der Waals surface area contributed by atoms with Crippen molar-refractivity contribution in [1.82, 2.24) is 14.9 Å². The molecule has 0 aromatic carbocycles. The predicted octanol–water partition coefficient (Wildman–Crippen LogP) is 0.895. The molecule has 2 heterocycles. The van der Waals surface area contributed by atoms with Crippen LogP contribution in [0.5, 0.6) is 0 Å². The lowest BCUT2D eigenvalue weighted by Gasteiger charge is -2.18. The van der Waals surface area contributed by atoms with Crippen LogP contribution in [0.15, 0.2) is 12.4 Å². The maximum absolute atomic E-state index is 12.2. The van der Waals surface area contributed by atoms with E-state index in [1.54, 1.807) is 18.0 Å². The Morgan fingerprint density at radius 2 is 2.32 bits per heavy atom. The largest absolute Gasteiger partial charge is 0.388 e. The second-order valence-electron chi connectivity index (χ2n) is 5.19. The lowest BCUT2D eigenvalue weighted by molar-refractivity contribution is 0.0569. The molecule has 104 valence electrons. The van der Waals surface area contributed by atoms with Crippen LogP contribution in [0, 0.1) is 0 Å². The SMILES string of the molecule is CCCNc1cnc(C(=O)N2CCC(C)(O)C2)cn1. The molecule has 1 fully saturated rings. The van der Waals surface area contributed by atoms with Crippen LogP contribution in [0.1, 0.15) is 37.2 Å². The smallest absolute Gasteiger partial charge is 0.274 e. The van der Waals surface area contributed by atoms with Gasteiger partial charge in [0.15, 0.2) is 0 Å². The van der Waals surface area contributed by atoms with E-state index in [0.717, 1.165) is 13.0 Å². The highest BCUT2D eigenvalue weighted by molar-refractivity contribution is 5.92. The zero-order valence-corrected chi connectivity index (χ0v) is 11.4. The molecule has 0 bridgehead atoms. The van der Waals surface area contributed by atoms with E-state index in [2.05, 4.69) is 22.2 Å². The molecular formula is C13H20N4O2. The summed E-state index contributed by atoms with van der Waals surface area (Å²) in [5, 5.41) is 13.0. The van der Waals surface area contributed by atoms with Gasteiger partial charge in [0.05, 0.1) is 18.0 Å². The minimum atomic E-state index is -0.786. The molecule has 0 aliphatic carbocycles. The number of amides is 1. The summed E-state index contributed by atoms with van der Waals surface area (Å²) in [6.45, 7) is 5.55. The van der Waals surface area contributed by atoms with Crippen molar-refractivity contribution < 1.29 is 9.90 Å². The summed E-state index contributed by atoms with van der Waals surface area (Å²) in [6.07, 6.45) is 4.65. The summed E-state index contributed by atoms with van der Waals surface area (Å²) < 4.78 is 0. The minimum Gasteiger partial charge on any atom is -0.388 e. The van der Waals surface area contributed by atoms with Gasteiger partial charge >= 0.3 is 0 Å². The number of nitrogens with zero attached hydrogens (tertiary/aromatic N) is 3. The number of likely N-dealkylation sites (tertiary alicyclic amines) is 1. The number of aromatic nitrogens is 2. The maximum atomic E-state index is 12.2. The normalized spacial score (nSPS) is 22.6.